The van der Waals surface area contributed by atoms with Gasteiger partial charge in [0.2, 0.25) is 15.9 Å². The van der Waals surface area contributed by atoms with Crippen molar-refractivity contribution in [2.45, 2.75) is 6.42 Å². The van der Waals surface area contributed by atoms with Gasteiger partial charge in [0, 0.05) is 41.7 Å². The van der Waals surface area contributed by atoms with E-state index in [1.54, 1.807) is 4.90 Å². The summed E-state index contributed by atoms with van der Waals surface area (Å²) in [5.74, 6) is -0.449. The third-order valence-corrected chi connectivity index (χ3v) is 4.46. The number of nitrogens with two attached hydrogens (primary N) is 1. The second kappa shape index (κ2) is 4.60. The predicted octanol–water partition coefficient (Wildman–Crippen LogP) is 0.809. The molecule has 3 N–H and O–H groups in total. The van der Waals surface area contributed by atoms with Crippen LogP contribution < -0.4 is 10.0 Å². The van der Waals surface area contributed by atoms with E-state index in [0.717, 1.165) is 16.6 Å². The highest BCUT2D eigenvalue weighted by molar-refractivity contribution is 7.89. The van der Waals surface area contributed by atoms with Crippen molar-refractivity contribution >= 4 is 32.5 Å². The minimum atomic E-state index is -3.55. The number of benzene rings is 1. The lowest BCUT2D eigenvalue weighted by Gasteiger charge is -2.16. The minimum Gasteiger partial charge on any atom is -0.361 e. The number of aromatic amines is 1. The Labute approximate surface area is 116 Å². The number of carbonyl (C=O) groups excluding carboxylic acids is 1. The highest BCUT2D eigenvalue weighted by atomic mass is 32.2. The number of sulfonamides is 1. The van der Waals surface area contributed by atoms with E-state index in [-0.39, 0.29) is 24.0 Å². The second-order valence-electron chi connectivity index (χ2n) is 5.15. The summed E-state index contributed by atoms with van der Waals surface area (Å²) >= 11 is 0. The molecule has 20 heavy (non-hydrogen) atoms. The van der Waals surface area contributed by atoms with Gasteiger partial charge in [-0.1, -0.05) is 0 Å². The zero-order valence-electron chi connectivity index (χ0n) is 10.7. The van der Waals surface area contributed by atoms with Gasteiger partial charge in [0.15, 0.2) is 0 Å². The fraction of sp³-hybridized carbons (Fsp3) is 0.308. The summed E-state index contributed by atoms with van der Waals surface area (Å²) in [6.45, 7) is 0.394. The van der Waals surface area contributed by atoms with Crippen LogP contribution in [0.1, 0.15) is 6.42 Å². The molecule has 1 unspecified atom stereocenters. The van der Waals surface area contributed by atoms with Gasteiger partial charge < -0.3 is 9.88 Å². The van der Waals surface area contributed by atoms with Crippen LogP contribution in [0, 0.1) is 5.92 Å². The molecule has 1 aliphatic rings. The van der Waals surface area contributed by atoms with E-state index in [0.29, 0.717) is 6.54 Å². The first-order chi connectivity index (χ1) is 9.42. The molecule has 1 aromatic carbocycles. The van der Waals surface area contributed by atoms with Crippen LogP contribution in [-0.2, 0) is 14.8 Å². The number of nitrogens with one attached hydrogen (secondary N) is 1. The Morgan fingerprint density at radius 2 is 2.15 bits per heavy atom. The number of nitrogens with zero attached hydrogens (tertiary/aromatic N) is 1. The molecule has 6 nitrogen and oxygen atoms in total. The molecule has 2 heterocycles. The van der Waals surface area contributed by atoms with Crippen LogP contribution >= 0.6 is 0 Å². The molecular formula is C13H15N3O3S. The highest BCUT2D eigenvalue weighted by Gasteiger charge is 2.32. The number of H-pyrrole nitrogens is 1. The molecule has 1 amide bonds. The number of carbonyl (C=O) groups is 1. The van der Waals surface area contributed by atoms with E-state index in [4.69, 9.17) is 5.14 Å². The summed E-state index contributed by atoms with van der Waals surface area (Å²) in [6, 6.07) is 7.62. The third kappa shape index (κ3) is 2.54. The normalized spacial score (nSPS) is 19.9. The largest absolute Gasteiger partial charge is 0.361 e. The number of hydrogen-bond donors (Lipinski definition) is 2. The quantitative estimate of drug-likeness (QED) is 0.876. The van der Waals surface area contributed by atoms with Crippen molar-refractivity contribution in [2.75, 3.05) is 17.2 Å². The number of amides is 1. The van der Waals surface area contributed by atoms with Crippen LogP contribution in [0.3, 0.4) is 0 Å². The zero-order chi connectivity index (χ0) is 14.3. The summed E-state index contributed by atoms with van der Waals surface area (Å²) in [7, 11) is -3.55. The molecule has 2 aromatic rings. The van der Waals surface area contributed by atoms with Gasteiger partial charge in [-0.05, 0) is 24.3 Å². The van der Waals surface area contributed by atoms with Gasteiger partial charge >= 0.3 is 0 Å². The first kappa shape index (κ1) is 13.1. The summed E-state index contributed by atoms with van der Waals surface area (Å²) in [5.41, 5.74) is 1.79. The van der Waals surface area contributed by atoms with Gasteiger partial charge in [0.25, 0.3) is 0 Å². The molecule has 0 radical (unpaired) electrons. The standard InChI is InChI=1S/C13H15N3O3S/c14-20(18,19)8-9-5-13(17)16(7-9)11-1-2-12-10(6-11)3-4-15-12/h1-4,6,9,15H,5,7-8H2,(H2,14,18,19). The first-order valence-electron chi connectivity index (χ1n) is 6.30. The fourth-order valence-electron chi connectivity index (χ4n) is 2.68. The molecule has 1 fully saturated rings. The maximum atomic E-state index is 12.0. The average molecular weight is 293 g/mol. The minimum absolute atomic E-state index is 0.0615. The number of anilines is 1. The average Bonchev–Trinajstić information content (AvgIpc) is 2.92. The number of aromatic nitrogens is 1. The molecule has 1 aromatic heterocycles. The van der Waals surface area contributed by atoms with Crippen molar-refractivity contribution in [2.24, 2.45) is 11.1 Å². The van der Waals surface area contributed by atoms with Crippen molar-refractivity contribution in [1.29, 1.82) is 0 Å². The van der Waals surface area contributed by atoms with Crippen LogP contribution in [0.25, 0.3) is 10.9 Å². The van der Waals surface area contributed by atoms with Crippen LogP contribution in [0.2, 0.25) is 0 Å². The Bertz CT molecular complexity index is 766. The first-order valence-corrected chi connectivity index (χ1v) is 8.02. The third-order valence-electron chi connectivity index (χ3n) is 3.52. The molecule has 1 saturated heterocycles. The van der Waals surface area contributed by atoms with Gasteiger partial charge in [-0.15, -0.1) is 0 Å². The Balaban J connectivity index is 1.85. The SMILES string of the molecule is NS(=O)(=O)CC1CC(=O)N(c2ccc3[nH]ccc3c2)C1. The van der Waals surface area contributed by atoms with Gasteiger partial charge in [-0.2, -0.15) is 0 Å². The number of primary sulfonamides is 1. The van der Waals surface area contributed by atoms with Gasteiger partial charge in [0.1, 0.15) is 0 Å². The predicted molar refractivity (Wildman–Crippen MR) is 76.7 cm³/mol. The second-order valence-corrected chi connectivity index (χ2v) is 6.81. The fourth-order valence-corrected chi connectivity index (χ4v) is 3.56. The lowest BCUT2D eigenvalue weighted by molar-refractivity contribution is -0.117. The number of hydrogen-bond acceptors (Lipinski definition) is 3. The van der Waals surface area contributed by atoms with E-state index in [9.17, 15) is 13.2 Å². The smallest absolute Gasteiger partial charge is 0.227 e. The maximum absolute atomic E-state index is 12.0. The summed E-state index contributed by atoms with van der Waals surface area (Å²) in [5, 5.41) is 6.06. The molecular weight excluding hydrogens is 278 g/mol. The highest BCUT2D eigenvalue weighted by Crippen LogP contribution is 2.28. The zero-order valence-corrected chi connectivity index (χ0v) is 11.6. The van der Waals surface area contributed by atoms with E-state index in [1.807, 2.05) is 30.5 Å². The van der Waals surface area contributed by atoms with Crippen molar-refractivity contribution in [3.8, 4) is 0 Å². The van der Waals surface area contributed by atoms with Crippen LogP contribution in [0.15, 0.2) is 30.5 Å². The molecule has 0 saturated carbocycles. The van der Waals surface area contributed by atoms with E-state index in [2.05, 4.69) is 4.98 Å². The van der Waals surface area contributed by atoms with E-state index in [1.165, 1.54) is 0 Å². The summed E-state index contributed by atoms with van der Waals surface area (Å²) in [4.78, 5) is 16.7. The number of rotatable bonds is 3. The molecule has 0 aliphatic carbocycles. The molecule has 0 spiro atoms. The van der Waals surface area contributed by atoms with Crippen LogP contribution in [-0.4, -0.2) is 31.6 Å². The molecule has 106 valence electrons. The molecule has 3 rings (SSSR count). The topological polar surface area (TPSA) is 96.3 Å². The lowest BCUT2D eigenvalue weighted by Crippen LogP contribution is -2.27. The van der Waals surface area contributed by atoms with Gasteiger partial charge in [-0.25, -0.2) is 13.6 Å². The van der Waals surface area contributed by atoms with Crippen molar-refractivity contribution in [1.82, 2.24) is 4.98 Å². The maximum Gasteiger partial charge on any atom is 0.227 e. The number of fused-ring (bicyclic) bond motifs is 1. The van der Waals surface area contributed by atoms with Crippen LogP contribution in [0.5, 0.6) is 0 Å². The van der Waals surface area contributed by atoms with E-state index < -0.39 is 10.0 Å². The van der Waals surface area contributed by atoms with Crippen molar-refractivity contribution < 1.29 is 13.2 Å². The lowest BCUT2D eigenvalue weighted by atomic mass is 10.1. The van der Waals surface area contributed by atoms with Gasteiger partial charge in [0.05, 0.1) is 5.75 Å². The molecule has 1 aliphatic heterocycles. The Morgan fingerprint density at radius 3 is 2.90 bits per heavy atom. The monoisotopic (exact) mass is 293 g/mol. The Morgan fingerprint density at radius 1 is 1.35 bits per heavy atom. The van der Waals surface area contributed by atoms with Gasteiger partial charge in [-0.3, -0.25) is 4.79 Å². The molecule has 0 bridgehead atoms. The van der Waals surface area contributed by atoms with E-state index >= 15 is 0 Å². The Hall–Kier alpha value is -1.86. The van der Waals surface area contributed by atoms with Crippen LogP contribution in [0.4, 0.5) is 5.69 Å². The molecule has 1 atom stereocenters. The summed E-state index contributed by atoms with van der Waals surface area (Å²) < 4.78 is 22.2. The molecule has 7 heteroatoms. The summed E-state index contributed by atoms with van der Waals surface area (Å²) in [6.07, 6.45) is 2.06. The Kier molecular flexibility index (Phi) is 3.02. The van der Waals surface area contributed by atoms with Crippen molar-refractivity contribution in [3.63, 3.8) is 0 Å². The van der Waals surface area contributed by atoms with Crippen molar-refractivity contribution in [3.05, 3.63) is 30.5 Å².